The van der Waals surface area contributed by atoms with Crippen molar-refractivity contribution in [2.75, 3.05) is 11.1 Å². The third-order valence-electron chi connectivity index (χ3n) is 2.78. The number of carbonyl (C=O) groups is 1. The molecule has 19 heavy (non-hydrogen) atoms. The lowest BCUT2D eigenvalue weighted by molar-refractivity contribution is 0.102. The molecule has 3 N–H and O–H groups in total. The maximum atomic E-state index is 13.4. The second-order valence-electron chi connectivity index (χ2n) is 4.32. The van der Waals surface area contributed by atoms with E-state index >= 15 is 0 Å². The number of nitrogen functional groups attached to an aromatic ring is 1. The molecule has 0 atom stereocenters. The quantitative estimate of drug-likeness (QED) is 0.871. The van der Waals surface area contributed by atoms with Crippen molar-refractivity contribution in [2.45, 2.75) is 13.8 Å². The zero-order valence-electron chi connectivity index (χ0n) is 10.7. The van der Waals surface area contributed by atoms with E-state index in [1.165, 1.54) is 12.3 Å². The Morgan fingerprint density at radius 1 is 1.32 bits per heavy atom. The van der Waals surface area contributed by atoms with Crippen molar-refractivity contribution >= 4 is 17.3 Å². The summed E-state index contributed by atoms with van der Waals surface area (Å²) in [6.07, 6.45) is 1.48. The third kappa shape index (κ3) is 2.88. The Bertz CT molecular complexity index is 641. The lowest BCUT2D eigenvalue weighted by Gasteiger charge is -2.08. The van der Waals surface area contributed by atoms with Crippen molar-refractivity contribution in [3.05, 3.63) is 53.1 Å². The standard InChI is InChI=1S/C14H14FN3O/c1-8-3-4-11(6-13(8)15)18-14(19)12-5-10(16)7-17-9(12)2/h3-7H,16H2,1-2H3,(H,18,19). The topological polar surface area (TPSA) is 68.0 Å². The van der Waals surface area contributed by atoms with Crippen molar-refractivity contribution in [3.8, 4) is 0 Å². The summed E-state index contributed by atoms with van der Waals surface area (Å²) in [5.74, 6) is -0.722. The third-order valence-corrected chi connectivity index (χ3v) is 2.78. The molecule has 2 aromatic rings. The van der Waals surface area contributed by atoms with Gasteiger partial charge in [-0.25, -0.2) is 4.39 Å². The molecule has 0 bridgehead atoms. The highest BCUT2D eigenvalue weighted by molar-refractivity contribution is 6.05. The van der Waals surface area contributed by atoms with Crippen LogP contribution in [0.3, 0.4) is 0 Å². The number of nitrogens with two attached hydrogens (primary N) is 1. The van der Waals surface area contributed by atoms with Gasteiger partial charge >= 0.3 is 0 Å². The van der Waals surface area contributed by atoms with E-state index in [-0.39, 0.29) is 11.7 Å². The zero-order chi connectivity index (χ0) is 14.0. The van der Waals surface area contributed by atoms with Crippen LogP contribution in [-0.2, 0) is 0 Å². The summed E-state index contributed by atoms with van der Waals surface area (Å²) in [4.78, 5) is 16.1. The molecule has 2 rings (SSSR count). The molecule has 0 unspecified atom stereocenters. The van der Waals surface area contributed by atoms with Crippen LogP contribution in [0.1, 0.15) is 21.6 Å². The first-order valence-electron chi connectivity index (χ1n) is 5.77. The Kier molecular flexibility index (Phi) is 3.46. The molecule has 0 fully saturated rings. The SMILES string of the molecule is Cc1ccc(NC(=O)c2cc(N)cnc2C)cc1F. The van der Waals surface area contributed by atoms with Gasteiger partial charge < -0.3 is 11.1 Å². The van der Waals surface area contributed by atoms with Crippen LogP contribution in [0.2, 0.25) is 0 Å². The van der Waals surface area contributed by atoms with E-state index in [1.807, 2.05) is 0 Å². The number of benzene rings is 1. The van der Waals surface area contributed by atoms with Gasteiger partial charge in [-0.15, -0.1) is 0 Å². The smallest absolute Gasteiger partial charge is 0.257 e. The molecule has 98 valence electrons. The molecule has 1 aromatic heterocycles. The molecule has 0 saturated heterocycles. The average molecular weight is 259 g/mol. The number of hydrogen-bond donors (Lipinski definition) is 2. The molecule has 4 nitrogen and oxygen atoms in total. The molecule has 0 spiro atoms. The summed E-state index contributed by atoms with van der Waals surface area (Å²) >= 11 is 0. The lowest BCUT2D eigenvalue weighted by Crippen LogP contribution is -2.14. The van der Waals surface area contributed by atoms with Gasteiger partial charge in [0.1, 0.15) is 5.82 Å². The van der Waals surface area contributed by atoms with E-state index in [1.54, 1.807) is 32.0 Å². The number of nitrogens with zero attached hydrogens (tertiary/aromatic N) is 1. The molecule has 5 heteroatoms. The van der Waals surface area contributed by atoms with Crippen LogP contribution in [0.15, 0.2) is 30.5 Å². The first-order valence-corrected chi connectivity index (χ1v) is 5.77. The first kappa shape index (κ1) is 13.0. The minimum atomic E-state index is -0.361. The lowest BCUT2D eigenvalue weighted by atomic mass is 10.1. The monoisotopic (exact) mass is 259 g/mol. The summed E-state index contributed by atoms with van der Waals surface area (Å²) in [7, 11) is 0. The van der Waals surface area contributed by atoms with Crippen molar-refractivity contribution in [3.63, 3.8) is 0 Å². The normalized spacial score (nSPS) is 10.3. The predicted octanol–water partition coefficient (Wildman–Crippen LogP) is 2.67. The van der Waals surface area contributed by atoms with Crippen LogP contribution < -0.4 is 11.1 Å². The molecule has 0 aliphatic heterocycles. The van der Waals surface area contributed by atoms with Gasteiger partial charge in [0, 0.05) is 5.69 Å². The van der Waals surface area contributed by atoms with Crippen LogP contribution in [0, 0.1) is 19.7 Å². The number of halogens is 1. The van der Waals surface area contributed by atoms with E-state index in [9.17, 15) is 9.18 Å². The van der Waals surface area contributed by atoms with Gasteiger partial charge in [-0.2, -0.15) is 0 Å². The minimum absolute atomic E-state index is 0.361. The molecule has 1 aromatic carbocycles. The summed E-state index contributed by atoms with van der Waals surface area (Å²) in [6, 6.07) is 6.07. The number of anilines is 2. The maximum absolute atomic E-state index is 13.4. The van der Waals surface area contributed by atoms with Crippen molar-refractivity contribution in [1.82, 2.24) is 4.98 Å². The average Bonchev–Trinajstić information content (AvgIpc) is 2.36. The van der Waals surface area contributed by atoms with Crippen LogP contribution in [0.5, 0.6) is 0 Å². The second kappa shape index (κ2) is 5.06. The second-order valence-corrected chi connectivity index (χ2v) is 4.32. The number of hydrogen-bond acceptors (Lipinski definition) is 3. The van der Waals surface area contributed by atoms with Crippen molar-refractivity contribution < 1.29 is 9.18 Å². The Morgan fingerprint density at radius 3 is 2.74 bits per heavy atom. The van der Waals surface area contributed by atoms with Gasteiger partial charge in [0.25, 0.3) is 5.91 Å². The van der Waals surface area contributed by atoms with E-state index in [2.05, 4.69) is 10.3 Å². The van der Waals surface area contributed by atoms with Crippen LogP contribution in [0.4, 0.5) is 15.8 Å². The number of carbonyl (C=O) groups excluding carboxylic acids is 1. The molecule has 0 aliphatic carbocycles. The number of aromatic nitrogens is 1. The van der Waals surface area contributed by atoms with Crippen LogP contribution >= 0.6 is 0 Å². The summed E-state index contributed by atoms with van der Waals surface area (Å²) in [5.41, 5.74) is 7.88. The largest absolute Gasteiger partial charge is 0.397 e. The number of pyridine rings is 1. The summed E-state index contributed by atoms with van der Waals surface area (Å²) in [6.45, 7) is 3.37. The van der Waals surface area contributed by atoms with Gasteiger partial charge in [-0.3, -0.25) is 9.78 Å². The Labute approximate surface area is 110 Å². The molecule has 0 saturated carbocycles. The van der Waals surface area contributed by atoms with Gasteiger partial charge in [0.2, 0.25) is 0 Å². The van der Waals surface area contributed by atoms with Gasteiger partial charge in [-0.05, 0) is 37.6 Å². The van der Waals surface area contributed by atoms with E-state index in [4.69, 9.17) is 5.73 Å². The number of nitrogens with one attached hydrogen (secondary N) is 1. The molecule has 0 aliphatic rings. The fourth-order valence-electron chi connectivity index (χ4n) is 1.65. The predicted molar refractivity (Wildman–Crippen MR) is 72.5 cm³/mol. The van der Waals surface area contributed by atoms with Gasteiger partial charge in [0.05, 0.1) is 23.1 Å². The highest BCUT2D eigenvalue weighted by Crippen LogP contribution is 2.16. The molecular weight excluding hydrogens is 245 g/mol. The molecule has 0 radical (unpaired) electrons. The van der Waals surface area contributed by atoms with Crippen LogP contribution in [-0.4, -0.2) is 10.9 Å². The number of aryl methyl sites for hydroxylation is 2. The van der Waals surface area contributed by atoms with Gasteiger partial charge in [0.15, 0.2) is 0 Å². The van der Waals surface area contributed by atoms with Gasteiger partial charge in [-0.1, -0.05) is 6.07 Å². The fourth-order valence-corrected chi connectivity index (χ4v) is 1.65. The van der Waals surface area contributed by atoms with Crippen molar-refractivity contribution in [1.29, 1.82) is 0 Å². The van der Waals surface area contributed by atoms with Crippen LogP contribution in [0.25, 0.3) is 0 Å². The Balaban J connectivity index is 2.25. The zero-order valence-corrected chi connectivity index (χ0v) is 10.7. The molecule has 1 heterocycles. The first-order chi connectivity index (χ1) is 8.97. The maximum Gasteiger partial charge on any atom is 0.257 e. The number of amides is 1. The summed E-state index contributed by atoms with van der Waals surface area (Å²) in [5, 5.41) is 2.62. The molecule has 1 amide bonds. The summed E-state index contributed by atoms with van der Waals surface area (Å²) < 4.78 is 13.4. The highest BCUT2D eigenvalue weighted by Gasteiger charge is 2.11. The Morgan fingerprint density at radius 2 is 2.05 bits per heavy atom. The van der Waals surface area contributed by atoms with E-state index in [0.29, 0.717) is 28.2 Å². The van der Waals surface area contributed by atoms with E-state index in [0.717, 1.165) is 0 Å². The highest BCUT2D eigenvalue weighted by atomic mass is 19.1. The Hall–Kier alpha value is -2.43. The van der Waals surface area contributed by atoms with E-state index < -0.39 is 0 Å². The minimum Gasteiger partial charge on any atom is -0.397 e. The molecular formula is C14H14FN3O. The number of rotatable bonds is 2. The van der Waals surface area contributed by atoms with Crippen molar-refractivity contribution in [2.24, 2.45) is 0 Å². The fraction of sp³-hybridized carbons (Fsp3) is 0.143.